The van der Waals surface area contributed by atoms with Gasteiger partial charge in [0.2, 0.25) is 0 Å². The summed E-state index contributed by atoms with van der Waals surface area (Å²) < 4.78 is 0. The summed E-state index contributed by atoms with van der Waals surface area (Å²) in [6, 6.07) is 0. The molecule has 1 aliphatic heterocycles. The Bertz CT molecular complexity index is 401. The van der Waals surface area contributed by atoms with Gasteiger partial charge in [-0.15, -0.1) is 0 Å². The lowest BCUT2D eigenvalue weighted by Crippen LogP contribution is -2.17. The Morgan fingerprint density at radius 2 is 2.00 bits per heavy atom. The molecule has 4 nitrogen and oxygen atoms in total. The molecular weight excluding hydrogens is 176 g/mol. The van der Waals surface area contributed by atoms with E-state index in [0.29, 0.717) is 5.82 Å². The van der Waals surface area contributed by atoms with Crippen LogP contribution in [0.2, 0.25) is 0 Å². The minimum Gasteiger partial charge on any atom is -0.382 e. The third kappa shape index (κ3) is 1.36. The largest absolute Gasteiger partial charge is 0.382 e. The average molecular weight is 190 g/mol. The highest BCUT2D eigenvalue weighted by molar-refractivity contribution is 5.79. The summed E-state index contributed by atoms with van der Waals surface area (Å²) in [5.74, 6) is 1.29. The van der Waals surface area contributed by atoms with Crippen LogP contribution in [-0.2, 0) is 11.8 Å². The summed E-state index contributed by atoms with van der Waals surface area (Å²) in [6.07, 6.45) is 2.59. The van der Waals surface area contributed by atoms with Crippen molar-refractivity contribution in [2.75, 3.05) is 5.73 Å². The van der Waals surface area contributed by atoms with Gasteiger partial charge in [-0.25, -0.2) is 9.97 Å². The van der Waals surface area contributed by atoms with Crippen molar-refractivity contribution in [1.29, 1.82) is 0 Å². The first-order chi connectivity index (χ1) is 6.48. The normalized spacial score (nSPS) is 14.5. The van der Waals surface area contributed by atoms with Gasteiger partial charge in [0.25, 0.3) is 0 Å². The van der Waals surface area contributed by atoms with Crippen LogP contribution in [0.3, 0.4) is 0 Å². The fourth-order valence-electron chi connectivity index (χ4n) is 1.36. The number of nitrogen functional groups attached to an aromatic ring is 1. The fraction of sp³-hybridized carbons (Fsp3) is 0.500. The smallest absolute Gasteiger partial charge is 0.153 e. The molecule has 0 aromatic carbocycles. The molecule has 0 saturated heterocycles. The minimum atomic E-state index is -0.0637. The van der Waals surface area contributed by atoms with Crippen LogP contribution in [-0.4, -0.2) is 16.2 Å². The summed E-state index contributed by atoms with van der Waals surface area (Å²) in [5, 5.41) is 0. The quantitative estimate of drug-likeness (QED) is 0.676. The summed E-state index contributed by atoms with van der Waals surface area (Å²) in [4.78, 5) is 12.9. The van der Waals surface area contributed by atoms with E-state index >= 15 is 0 Å². The lowest BCUT2D eigenvalue weighted by atomic mass is 9.95. The molecular formula is C10H14N4. The van der Waals surface area contributed by atoms with Crippen molar-refractivity contribution in [1.82, 2.24) is 9.97 Å². The summed E-state index contributed by atoms with van der Waals surface area (Å²) >= 11 is 0. The Morgan fingerprint density at radius 3 is 2.64 bits per heavy atom. The molecule has 0 saturated carbocycles. The molecule has 1 aromatic heterocycles. The van der Waals surface area contributed by atoms with Crippen molar-refractivity contribution >= 4 is 17.7 Å². The monoisotopic (exact) mass is 190 g/mol. The van der Waals surface area contributed by atoms with Crippen molar-refractivity contribution in [2.45, 2.75) is 32.6 Å². The van der Waals surface area contributed by atoms with E-state index in [1.54, 1.807) is 0 Å². The Labute approximate surface area is 83.3 Å². The van der Waals surface area contributed by atoms with Gasteiger partial charge in [-0.1, -0.05) is 20.8 Å². The number of hydrogen-bond donors (Lipinski definition) is 1. The second kappa shape index (κ2) is 2.77. The number of aromatic nitrogens is 2. The molecule has 1 aliphatic rings. The lowest BCUT2D eigenvalue weighted by Gasteiger charge is -2.17. The molecule has 74 valence electrons. The summed E-state index contributed by atoms with van der Waals surface area (Å²) in [7, 11) is 0. The maximum absolute atomic E-state index is 5.80. The van der Waals surface area contributed by atoms with Crippen molar-refractivity contribution < 1.29 is 0 Å². The van der Waals surface area contributed by atoms with Crippen LogP contribution in [0.15, 0.2) is 4.99 Å². The van der Waals surface area contributed by atoms with Crippen molar-refractivity contribution in [2.24, 2.45) is 4.99 Å². The first-order valence-corrected chi connectivity index (χ1v) is 4.68. The van der Waals surface area contributed by atoms with Crippen LogP contribution in [0.1, 0.15) is 32.3 Å². The molecule has 0 fully saturated rings. The number of nitrogens with two attached hydrogens (primary N) is 1. The van der Waals surface area contributed by atoms with Crippen LogP contribution in [0.4, 0.5) is 11.5 Å². The summed E-state index contributed by atoms with van der Waals surface area (Å²) in [5.41, 5.74) is 7.44. The van der Waals surface area contributed by atoms with E-state index in [0.717, 1.165) is 23.6 Å². The van der Waals surface area contributed by atoms with E-state index < -0.39 is 0 Å². The predicted molar refractivity (Wildman–Crippen MR) is 57.0 cm³/mol. The molecule has 0 atom stereocenters. The molecule has 2 rings (SSSR count). The fourth-order valence-corrected chi connectivity index (χ4v) is 1.36. The Morgan fingerprint density at radius 1 is 1.29 bits per heavy atom. The van der Waals surface area contributed by atoms with Gasteiger partial charge >= 0.3 is 0 Å². The second-order valence-corrected chi connectivity index (χ2v) is 4.49. The first-order valence-electron chi connectivity index (χ1n) is 4.68. The first kappa shape index (κ1) is 9.12. The lowest BCUT2D eigenvalue weighted by molar-refractivity contribution is 0.544. The van der Waals surface area contributed by atoms with Gasteiger partial charge in [0.15, 0.2) is 5.82 Å². The molecule has 4 heteroatoms. The zero-order chi connectivity index (χ0) is 10.3. The Kier molecular flexibility index (Phi) is 1.80. The number of rotatable bonds is 0. The van der Waals surface area contributed by atoms with Gasteiger partial charge < -0.3 is 5.73 Å². The van der Waals surface area contributed by atoms with Crippen LogP contribution in [0, 0.1) is 0 Å². The number of fused-ring (bicyclic) bond motifs is 1. The topological polar surface area (TPSA) is 64.2 Å². The predicted octanol–water partition coefficient (Wildman–Crippen LogP) is 1.61. The summed E-state index contributed by atoms with van der Waals surface area (Å²) in [6.45, 7) is 6.22. The highest BCUT2D eigenvalue weighted by Crippen LogP contribution is 2.30. The average Bonchev–Trinajstić information content (AvgIpc) is 2.50. The van der Waals surface area contributed by atoms with Crippen LogP contribution >= 0.6 is 0 Å². The molecule has 2 heterocycles. The maximum atomic E-state index is 5.80. The zero-order valence-electron chi connectivity index (χ0n) is 8.70. The third-order valence-corrected chi connectivity index (χ3v) is 2.16. The van der Waals surface area contributed by atoms with Crippen LogP contribution < -0.4 is 5.73 Å². The molecule has 14 heavy (non-hydrogen) atoms. The van der Waals surface area contributed by atoms with Crippen molar-refractivity contribution in [3.8, 4) is 0 Å². The number of anilines is 1. The number of aliphatic imine (C=N–C) groups is 1. The van der Waals surface area contributed by atoms with Gasteiger partial charge in [-0.05, 0) is 0 Å². The van der Waals surface area contributed by atoms with E-state index in [-0.39, 0.29) is 5.41 Å². The third-order valence-electron chi connectivity index (χ3n) is 2.16. The molecule has 0 bridgehead atoms. The van der Waals surface area contributed by atoms with Crippen LogP contribution in [0.25, 0.3) is 0 Å². The molecule has 0 aliphatic carbocycles. The van der Waals surface area contributed by atoms with E-state index in [2.05, 4.69) is 35.7 Å². The number of nitrogens with zero attached hydrogens (tertiary/aromatic N) is 3. The molecule has 2 N–H and O–H groups in total. The maximum Gasteiger partial charge on any atom is 0.153 e. The van der Waals surface area contributed by atoms with Crippen molar-refractivity contribution in [3.63, 3.8) is 0 Å². The molecule has 0 spiro atoms. The van der Waals surface area contributed by atoms with Gasteiger partial charge in [0.05, 0.1) is 5.69 Å². The molecule has 0 unspecified atom stereocenters. The zero-order valence-corrected chi connectivity index (χ0v) is 8.70. The van der Waals surface area contributed by atoms with Gasteiger partial charge in [-0.3, -0.25) is 4.99 Å². The number of hydrogen-bond acceptors (Lipinski definition) is 4. The Hall–Kier alpha value is -1.45. The van der Waals surface area contributed by atoms with Crippen LogP contribution in [0.5, 0.6) is 0 Å². The van der Waals surface area contributed by atoms with Gasteiger partial charge in [0, 0.05) is 18.1 Å². The highest BCUT2D eigenvalue weighted by atomic mass is 15.0. The highest BCUT2D eigenvalue weighted by Gasteiger charge is 2.22. The van der Waals surface area contributed by atoms with Crippen molar-refractivity contribution in [3.05, 3.63) is 11.5 Å². The molecule has 0 amide bonds. The minimum absolute atomic E-state index is 0.0637. The molecule has 0 radical (unpaired) electrons. The van der Waals surface area contributed by atoms with E-state index in [4.69, 9.17) is 5.73 Å². The SMILES string of the molecule is CC(C)(C)c1nc(N)c2c(n1)CC=N2. The van der Waals surface area contributed by atoms with E-state index in [1.165, 1.54) is 0 Å². The molecule has 1 aromatic rings. The van der Waals surface area contributed by atoms with E-state index in [9.17, 15) is 0 Å². The Balaban J connectivity index is 2.55. The van der Waals surface area contributed by atoms with Gasteiger partial charge in [-0.2, -0.15) is 0 Å². The second-order valence-electron chi connectivity index (χ2n) is 4.49. The van der Waals surface area contributed by atoms with E-state index in [1.807, 2.05) is 6.21 Å². The standard InChI is InChI=1S/C10H14N4/c1-10(2,3)9-13-6-4-5-12-7(6)8(11)14-9/h5H,4H2,1-3H3,(H2,11,13,14). The van der Waals surface area contributed by atoms with Gasteiger partial charge in [0.1, 0.15) is 11.5 Å².